The van der Waals surface area contributed by atoms with Crippen molar-refractivity contribution in [2.45, 2.75) is 12.2 Å². The third-order valence-corrected chi connectivity index (χ3v) is 2.55. The minimum atomic E-state index is -4.47. The summed E-state index contributed by atoms with van der Waals surface area (Å²) in [5.74, 6) is 0.176. The van der Waals surface area contributed by atoms with E-state index in [0.717, 1.165) is 19.2 Å². The maximum atomic E-state index is 12.5. The zero-order chi connectivity index (χ0) is 12.6. The molecule has 0 spiro atoms. The molecule has 0 radical (unpaired) electrons. The van der Waals surface area contributed by atoms with Gasteiger partial charge in [-0.25, -0.2) is 4.98 Å². The van der Waals surface area contributed by atoms with Crippen LogP contribution in [-0.2, 0) is 6.18 Å². The van der Waals surface area contributed by atoms with E-state index in [0.29, 0.717) is 0 Å². The summed E-state index contributed by atoms with van der Waals surface area (Å²) in [7, 11) is 1.94. The van der Waals surface area contributed by atoms with Crippen molar-refractivity contribution in [1.29, 1.82) is 0 Å². The van der Waals surface area contributed by atoms with E-state index in [2.05, 4.69) is 15.2 Å². The average molecular weight is 246 g/mol. The van der Waals surface area contributed by atoms with E-state index < -0.39 is 11.9 Å². The summed E-state index contributed by atoms with van der Waals surface area (Å²) in [6.45, 7) is 1.58. The first-order valence-electron chi connectivity index (χ1n) is 5.14. The van der Waals surface area contributed by atoms with Crippen molar-refractivity contribution < 1.29 is 13.2 Å². The Bertz CT molecular complexity index is 413. The number of alkyl halides is 3. The molecule has 7 heteroatoms. The van der Waals surface area contributed by atoms with E-state index in [1.54, 1.807) is 0 Å². The van der Waals surface area contributed by atoms with E-state index >= 15 is 0 Å². The van der Waals surface area contributed by atoms with Crippen LogP contribution in [0.4, 0.5) is 24.7 Å². The molecule has 0 bridgehead atoms. The molecular weight excluding hydrogens is 233 g/mol. The summed E-state index contributed by atoms with van der Waals surface area (Å²) in [5.41, 5.74) is 4.52. The third kappa shape index (κ3) is 2.79. The second kappa shape index (κ2) is 4.06. The normalized spacial score (nSPS) is 17.9. The lowest BCUT2D eigenvalue weighted by Crippen LogP contribution is -2.52. The Hall–Kier alpha value is -1.50. The highest BCUT2D eigenvalue weighted by Gasteiger charge is 2.33. The summed E-state index contributed by atoms with van der Waals surface area (Å²) in [6, 6.07) is 2.38. The first-order valence-corrected chi connectivity index (χ1v) is 5.14. The van der Waals surface area contributed by atoms with Crippen molar-refractivity contribution in [3.63, 3.8) is 0 Å². The van der Waals surface area contributed by atoms with Gasteiger partial charge in [-0.3, -0.25) is 0 Å². The van der Waals surface area contributed by atoms with E-state index in [4.69, 9.17) is 5.73 Å². The lowest BCUT2D eigenvalue weighted by molar-refractivity contribution is -0.141. The van der Waals surface area contributed by atoms with E-state index in [-0.39, 0.29) is 17.5 Å². The Morgan fingerprint density at radius 2 is 2.06 bits per heavy atom. The zero-order valence-electron chi connectivity index (χ0n) is 9.25. The van der Waals surface area contributed by atoms with Gasteiger partial charge in [0.05, 0.1) is 6.04 Å². The maximum absolute atomic E-state index is 12.5. The molecule has 0 unspecified atom stereocenters. The molecule has 0 amide bonds. The molecule has 0 atom stereocenters. The van der Waals surface area contributed by atoms with Gasteiger partial charge in [0.1, 0.15) is 11.5 Å². The molecule has 4 nitrogen and oxygen atoms in total. The highest BCUT2D eigenvalue weighted by atomic mass is 19.4. The maximum Gasteiger partial charge on any atom is 0.433 e. The monoisotopic (exact) mass is 246 g/mol. The van der Waals surface area contributed by atoms with Crippen molar-refractivity contribution in [2.24, 2.45) is 0 Å². The second-order valence-corrected chi connectivity index (χ2v) is 4.23. The fraction of sp³-hybridized carbons (Fsp3) is 0.500. The van der Waals surface area contributed by atoms with Crippen molar-refractivity contribution in [1.82, 2.24) is 9.88 Å². The van der Waals surface area contributed by atoms with Crippen molar-refractivity contribution in [3.05, 3.63) is 17.8 Å². The summed E-state index contributed by atoms with van der Waals surface area (Å²) >= 11 is 0. The van der Waals surface area contributed by atoms with E-state index in [9.17, 15) is 13.2 Å². The number of aromatic nitrogens is 1. The first-order chi connectivity index (χ1) is 7.84. The number of nitrogen functional groups attached to an aromatic ring is 1. The fourth-order valence-corrected chi connectivity index (χ4v) is 1.77. The standard InChI is InChI=1S/C10H13F3N4/c1-17-4-7(5-17)15-9-3-6(14)2-8(16-9)10(11,12)13/h2-3,7H,4-5H2,1H3,(H3,14,15,16). The van der Waals surface area contributed by atoms with Crippen molar-refractivity contribution in [2.75, 3.05) is 31.2 Å². The molecule has 2 rings (SSSR count). The predicted molar refractivity (Wildman–Crippen MR) is 58.6 cm³/mol. The molecule has 2 heterocycles. The smallest absolute Gasteiger partial charge is 0.399 e. The molecule has 0 aromatic carbocycles. The number of anilines is 2. The number of nitrogens with zero attached hydrogens (tertiary/aromatic N) is 2. The summed E-state index contributed by atoms with van der Waals surface area (Å²) in [6.07, 6.45) is -4.47. The molecule has 1 aromatic heterocycles. The van der Waals surface area contributed by atoms with Gasteiger partial charge in [-0.15, -0.1) is 0 Å². The Kier molecular flexibility index (Phi) is 2.86. The number of nitrogens with one attached hydrogen (secondary N) is 1. The second-order valence-electron chi connectivity index (χ2n) is 4.23. The van der Waals surface area contributed by atoms with Gasteiger partial charge in [-0.2, -0.15) is 13.2 Å². The van der Waals surface area contributed by atoms with Crippen molar-refractivity contribution >= 4 is 11.5 Å². The molecule has 17 heavy (non-hydrogen) atoms. The lowest BCUT2D eigenvalue weighted by Gasteiger charge is -2.36. The molecule has 1 aliphatic heterocycles. The third-order valence-electron chi connectivity index (χ3n) is 2.55. The number of hydrogen-bond acceptors (Lipinski definition) is 4. The minimum absolute atomic E-state index is 0.0579. The van der Waals surface area contributed by atoms with Gasteiger partial charge in [-0.1, -0.05) is 0 Å². The Morgan fingerprint density at radius 1 is 1.41 bits per heavy atom. The molecular formula is C10H13F3N4. The van der Waals surface area contributed by atoms with Gasteiger partial charge in [0.25, 0.3) is 0 Å². The number of nitrogens with two attached hydrogens (primary N) is 1. The molecule has 0 aliphatic carbocycles. The van der Waals surface area contributed by atoms with Gasteiger partial charge in [-0.05, 0) is 13.1 Å². The quantitative estimate of drug-likeness (QED) is 0.828. The van der Waals surface area contributed by atoms with Crippen LogP contribution < -0.4 is 11.1 Å². The highest BCUT2D eigenvalue weighted by molar-refractivity contribution is 5.51. The van der Waals surface area contributed by atoms with Crippen LogP contribution in [0.5, 0.6) is 0 Å². The molecule has 1 aromatic rings. The number of hydrogen-bond donors (Lipinski definition) is 2. The lowest BCUT2D eigenvalue weighted by atomic mass is 10.1. The summed E-state index contributed by atoms with van der Waals surface area (Å²) in [4.78, 5) is 5.57. The van der Waals surface area contributed by atoms with Crippen LogP contribution >= 0.6 is 0 Å². The minimum Gasteiger partial charge on any atom is -0.399 e. The fourth-order valence-electron chi connectivity index (χ4n) is 1.77. The highest BCUT2D eigenvalue weighted by Crippen LogP contribution is 2.30. The number of pyridine rings is 1. The SMILES string of the molecule is CN1CC(Nc2cc(N)cc(C(F)(F)F)n2)C1. The van der Waals surface area contributed by atoms with Gasteiger partial charge < -0.3 is 16.0 Å². The summed E-state index contributed by atoms with van der Waals surface area (Å²) in [5, 5.41) is 2.93. The topological polar surface area (TPSA) is 54.2 Å². The summed E-state index contributed by atoms with van der Waals surface area (Å²) < 4.78 is 37.5. The Morgan fingerprint density at radius 3 is 2.59 bits per heavy atom. The van der Waals surface area contributed by atoms with Crippen LogP contribution in [0.1, 0.15) is 5.69 Å². The average Bonchev–Trinajstić information content (AvgIpc) is 2.13. The first kappa shape index (κ1) is 12.0. The van der Waals surface area contributed by atoms with Crippen molar-refractivity contribution in [3.8, 4) is 0 Å². The Balaban J connectivity index is 2.14. The predicted octanol–water partition coefficient (Wildman–Crippen LogP) is 1.41. The van der Waals surface area contributed by atoms with Crippen LogP contribution in [0.25, 0.3) is 0 Å². The van der Waals surface area contributed by atoms with Crippen LogP contribution in [0.3, 0.4) is 0 Å². The molecule has 1 saturated heterocycles. The largest absolute Gasteiger partial charge is 0.433 e. The van der Waals surface area contributed by atoms with E-state index in [1.807, 2.05) is 7.05 Å². The van der Waals surface area contributed by atoms with Crippen LogP contribution in [0.15, 0.2) is 12.1 Å². The van der Waals surface area contributed by atoms with Crippen LogP contribution in [0, 0.1) is 0 Å². The van der Waals surface area contributed by atoms with E-state index in [1.165, 1.54) is 6.07 Å². The number of likely N-dealkylation sites (tertiary alicyclic amines) is 1. The van der Waals surface area contributed by atoms with Gasteiger partial charge in [0.2, 0.25) is 0 Å². The number of halogens is 3. The molecule has 0 saturated carbocycles. The molecule has 1 fully saturated rings. The van der Waals surface area contributed by atoms with Gasteiger partial charge in [0, 0.05) is 24.8 Å². The molecule has 3 N–H and O–H groups in total. The van der Waals surface area contributed by atoms with Gasteiger partial charge in [0.15, 0.2) is 0 Å². The van der Waals surface area contributed by atoms with Crippen LogP contribution in [0.2, 0.25) is 0 Å². The number of likely N-dealkylation sites (N-methyl/N-ethyl adjacent to an activating group) is 1. The number of rotatable bonds is 2. The Labute approximate surface area is 96.6 Å². The van der Waals surface area contributed by atoms with Crippen LogP contribution in [-0.4, -0.2) is 36.1 Å². The molecule has 94 valence electrons. The van der Waals surface area contributed by atoms with Gasteiger partial charge >= 0.3 is 6.18 Å². The zero-order valence-corrected chi connectivity index (χ0v) is 9.25. The molecule has 1 aliphatic rings.